The van der Waals surface area contributed by atoms with Gasteiger partial charge in [0, 0.05) is 85.3 Å². The van der Waals surface area contributed by atoms with E-state index in [1.807, 2.05) is 42.5 Å². The Kier molecular flexibility index (Phi) is 19.9. The van der Waals surface area contributed by atoms with Crippen LogP contribution in [0.15, 0.2) is 142 Å². The van der Waals surface area contributed by atoms with E-state index < -0.39 is 90.0 Å². The Morgan fingerprint density at radius 1 is 0.843 bits per heavy atom. The number of thioether (sulfide) groups is 1. The minimum atomic E-state index is -6.22. The lowest BCUT2D eigenvalue weighted by molar-refractivity contribution is -0.268. The fourth-order valence-electron chi connectivity index (χ4n) is 10.9. The molecule has 1 amide bonds. The number of sulfone groups is 1. The third-order valence-electron chi connectivity index (χ3n) is 15.8. The van der Waals surface area contributed by atoms with Crippen LogP contribution in [-0.4, -0.2) is 166 Å². The molecule has 4 N–H and O–H groups in total. The summed E-state index contributed by atoms with van der Waals surface area (Å²) in [5, 5.41) is 34.8. The topological polar surface area (TPSA) is 199 Å². The van der Waals surface area contributed by atoms with Gasteiger partial charge in [-0.1, -0.05) is 73.5 Å². The highest BCUT2D eigenvalue weighted by Gasteiger charge is 2.49. The molecule has 0 aromatic heterocycles. The number of carbonyl (C=O) groups excluding carboxylic acids is 1. The number of piperazine rings is 1. The molecule has 6 unspecified atom stereocenters. The van der Waals surface area contributed by atoms with Gasteiger partial charge in [-0.3, -0.25) is 14.6 Å². The number of carbonyl (C=O) groups is 1. The summed E-state index contributed by atoms with van der Waals surface area (Å²) in [6.07, 6.45) is -3.48. The summed E-state index contributed by atoms with van der Waals surface area (Å²) in [6.45, 7) is 11.9. The van der Waals surface area contributed by atoms with E-state index in [-0.39, 0.29) is 22.3 Å². The average molecular weight is 1230 g/mol. The molecular formula is C60H71ClF3N5O11S3. The number of amides is 1. The predicted octanol–water partition coefficient (Wildman–Crippen LogP) is 8.95. The molecule has 9 rings (SSSR count). The normalized spacial score (nSPS) is 22.5. The number of anilines is 2. The Bertz CT molecular complexity index is 3280. The number of rotatable bonds is 20. The van der Waals surface area contributed by atoms with E-state index in [0.717, 1.165) is 61.6 Å². The zero-order chi connectivity index (χ0) is 59.3. The van der Waals surface area contributed by atoms with Gasteiger partial charge in [-0.25, -0.2) is 21.1 Å². The number of benzene rings is 5. The van der Waals surface area contributed by atoms with E-state index in [2.05, 4.69) is 46.0 Å². The molecule has 16 nitrogen and oxygen atoms in total. The molecule has 83 heavy (non-hydrogen) atoms. The van der Waals surface area contributed by atoms with Gasteiger partial charge < -0.3 is 39.7 Å². The molecule has 0 saturated carbocycles. The van der Waals surface area contributed by atoms with Crippen molar-refractivity contribution in [3.63, 3.8) is 0 Å². The van der Waals surface area contributed by atoms with Crippen molar-refractivity contribution in [2.75, 3.05) is 81.5 Å². The monoisotopic (exact) mass is 1230 g/mol. The van der Waals surface area contributed by atoms with E-state index >= 15 is 8.42 Å². The zero-order valence-corrected chi connectivity index (χ0v) is 49.7. The lowest BCUT2D eigenvalue weighted by Gasteiger charge is -2.39. The van der Waals surface area contributed by atoms with Gasteiger partial charge in [0.15, 0.2) is 0 Å². The standard InChI is InChI=1S/C60H71ClF3N5O11S3/c1-40-54(70)55(71)56(72)58(79-40)80-48-19-9-41(10-20-48)37-69(57(73)43-13-17-47(18-14-43)68-29-27-67(28-30-68)38-44-36-59(2,3)25-23-51(44)42-11-15-45(61)16-12-42)83(76,77)50-21-22-52(53(35-50)82(74,75)60(62,63)64)65-46(24-26-66-31-33-78-34-32-66)39-81-49-7-5-4-6-8-49/h4-22,35,40,46,54-56,58,65,70-72H,23-34,36-39H2,1-3H3. The van der Waals surface area contributed by atoms with Crippen molar-refractivity contribution in [1.82, 2.24) is 14.1 Å². The third-order valence-corrected chi connectivity index (χ3v) is 20.4. The Morgan fingerprint density at radius 3 is 2.18 bits per heavy atom. The first kappa shape index (κ1) is 62.3. The molecule has 3 fully saturated rings. The number of sulfonamides is 1. The number of nitrogens with one attached hydrogen (secondary N) is 1. The molecule has 448 valence electrons. The summed E-state index contributed by atoms with van der Waals surface area (Å²) in [6, 6.07) is 31.1. The van der Waals surface area contributed by atoms with Crippen molar-refractivity contribution >= 4 is 66.1 Å². The molecule has 0 radical (unpaired) electrons. The highest BCUT2D eigenvalue weighted by Crippen LogP contribution is 2.43. The zero-order valence-electron chi connectivity index (χ0n) is 46.5. The maximum Gasteiger partial charge on any atom is 0.501 e. The lowest BCUT2D eigenvalue weighted by atomic mass is 9.73. The molecular weight excluding hydrogens is 1160 g/mol. The second kappa shape index (κ2) is 26.6. The van der Waals surface area contributed by atoms with Crippen LogP contribution < -0.4 is 15.0 Å². The Balaban J connectivity index is 0.986. The number of aliphatic hydroxyl groups excluding tert-OH is 3. The molecule has 0 bridgehead atoms. The molecule has 3 aliphatic heterocycles. The molecule has 5 aromatic carbocycles. The molecule has 1 aliphatic carbocycles. The number of hydrogen-bond donors (Lipinski definition) is 4. The highest BCUT2D eigenvalue weighted by atomic mass is 35.5. The smallest absolute Gasteiger partial charge is 0.462 e. The molecule has 23 heteroatoms. The quantitative estimate of drug-likeness (QED) is 0.0538. The van der Waals surface area contributed by atoms with Gasteiger partial charge in [0.05, 0.1) is 36.4 Å². The second-order valence-electron chi connectivity index (χ2n) is 22.3. The first-order valence-corrected chi connectivity index (χ1v) is 32.0. The number of morpholine rings is 1. The average Bonchev–Trinajstić information content (AvgIpc) is 3.04. The second-order valence-corrected chi connectivity index (χ2v) is 27.6. The van der Waals surface area contributed by atoms with Crippen LogP contribution in [0.1, 0.15) is 67.9 Å². The largest absolute Gasteiger partial charge is 0.501 e. The molecule has 4 aliphatic rings. The Hall–Kier alpha value is -5.24. The van der Waals surface area contributed by atoms with Crippen LogP contribution in [0.4, 0.5) is 24.5 Å². The van der Waals surface area contributed by atoms with Crippen LogP contribution in [0.5, 0.6) is 5.75 Å². The van der Waals surface area contributed by atoms with Gasteiger partial charge in [-0.05, 0) is 134 Å². The van der Waals surface area contributed by atoms with E-state index in [0.29, 0.717) is 73.5 Å². The number of aliphatic hydroxyl groups is 3. The molecule has 5 aromatic rings. The van der Waals surface area contributed by atoms with Gasteiger partial charge >= 0.3 is 5.51 Å². The number of hydrogen-bond acceptors (Lipinski definition) is 16. The van der Waals surface area contributed by atoms with Crippen LogP contribution in [0.2, 0.25) is 5.02 Å². The minimum absolute atomic E-state index is 0.0729. The van der Waals surface area contributed by atoms with Crippen LogP contribution in [0.25, 0.3) is 5.57 Å². The third kappa shape index (κ3) is 15.2. The molecule has 3 saturated heterocycles. The predicted molar refractivity (Wildman–Crippen MR) is 314 cm³/mol. The SMILES string of the molecule is CC1OC(Oc2ccc(CN(C(=O)c3ccc(N4CCN(CC5=C(c6ccc(Cl)cc6)CCC(C)(C)C5)CC4)cc3)S(=O)(=O)c3ccc(NC(CCN4CCOCC4)CSc4ccccc4)c(S(=O)(=O)C(F)(F)F)c3)cc2)C(O)C(O)C1O. The van der Waals surface area contributed by atoms with E-state index in [9.17, 15) is 41.7 Å². The van der Waals surface area contributed by atoms with Gasteiger partial charge in [0.25, 0.3) is 25.8 Å². The van der Waals surface area contributed by atoms with Gasteiger partial charge in [0.2, 0.25) is 6.29 Å². The van der Waals surface area contributed by atoms with E-state index in [1.54, 1.807) is 12.1 Å². The first-order valence-electron chi connectivity index (χ1n) is 27.7. The first-order chi connectivity index (χ1) is 39.5. The van der Waals surface area contributed by atoms with Crippen molar-refractivity contribution in [3.8, 4) is 5.75 Å². The number of halogens is 4. The maximum absolute atomic E-state index is 15.1. The number of allylic oxidation sites excluding steroid dienone is 1. The molecule has 3 heterocycles. The fourth-order valence-corrected chi connectivity index (χ4v) is 14.4. The summed E-state index contributed by atoms with van der Waals surface area (Å²) in [5.41, 5.74) is -1.27. The summed E-state index contributed by atoms with van der Waals surface area (Å²) in [7, 11) is -11.4. The maximum atomic E-state index is 15.1. The fraction of sp³-hybridized carbons (Fsp3) is 0.450. The minimum Gasteiger partial charge on any atom is -0.462 e. The van der Waals surface area contributed by atoms with Gasteiger partial charge in [-0.15, -0.1) is 11.8 Å². The number of alkyl halides is 3. The van der Waals surface area contributed by atoms with Crippen molar-refractivity contribution in [2.24, 2.45) is 5.41 Å². The molecule has 0 spiro atoms. The number of nitrogens with zero attached hydrogens (tertiary/aromatic N) is 4. The van der Waals surface area contributed by atoms with Crippen LogP contribution in [0.3, 0.4) is 0 Å². The van der Waals surface area contributed by atoms with Crippen molar-refractivity contribution in [1.29, 1.82) is 0 Å². The van der Waals surface area contributed by atoms with Crippen LogP contribution in [-0.2, 0) is 35.9 Å². The van der Waals surface area contributed by atoms with Crippen LogP contribution in [0, 0.1) is 5.41 Å². The Morgan fingerprint density at radius 2 is 1.52 bits per heavy atom. The van der Waals surface area contributed by atoms with Crippen molar-refractivity contribution in [2.45, 2.75) is 110 Å². The number of ether oxygens (including phenoxy) is 3. The van der Waals surface area contributed by atoms with Crippen LogP contribution >= 0.6 is 23.4 Å². The van der Waals surface area contributed by atoms with Gasteiger partial charge in [-0.2, -0.15) is 13.2 Å². The lowest BCUT2D eigenvalue weighted by Crippen LogP contribution is -2.58. The Labute approximate surface area is 493 Å². The highest BCUT2D eigenvalue weighted by molar-refractivity contribution is 7.99. The van der Waals surface area contributed by atoms with E-state index in [4.69, 9.17) is 25.8 Å². The summed E-state index contributed by atoms with van der Waals surface area (Å²) >= 11 is 7.66. The summed E-state index contributed by atoms with van der Waals surface area (Å²) in [5.74, 6) is -0.645. The van der Waals surface area contributed by atoms with E-state index in [1.165, 1.54) is 71.8 Å². The van der Waals surface area contributed by atoms with Crippen molar-refractivity contribution < 1.29 is 64.3 Å². The molecule has 6 atom stereocenters. The van der Waals surface area contributed by atoms with Gasteiger partial charge in [0.1, 0.15) is 29.0 Å². The summed E-state index contributed by atoms with van der Waals surface area (Å²) < 4.78 is 119. The summed E-state index contributed by atoms with van der Waals surface area (Å²) in [4.78, 5) is 20.3. The van der Waals surface area contributed by atoms with Crippen molar-refractivity contribution in [3.05, 3.63) is 149 Å².